The third-order valence-corrected chi connectivity index (χ3v) is 5.17. The van der Waals surface area contributed by atoms with Crippen molar-refractivity contribution in [3.05, 3.63) is 12.3 Å². The van der Waals surface area contributed by atoms with Crippen molar-refractivity contribution in [3.63, 3.8) is 0 Å². The van der Waals surface area contributed by atoms with Gasteiger partial charge in [-0.1, -0.05) is 0 Å². The third-order valence-electron chi connectivity index (χ3n) is 4.65. The van der Waals surface area contributed by atoms with Crippen molar-refractivity contribution in [3.8, 4) is 0 Å². The second-order valence-corrected chi connectivity index (χ2v) is 7.11. The van der Waals surface area contributed by atoms with Crippen LogP contribution in [0.25, 0.3) is 0 Å². The van der Waals surface area contributed by atoms with Gasteiger partial charge in [0.1, 0.15) is 5.82 Å². The van der Waals surface area contributed by atoms with E-state index >= 15 is 0 Å². The van der Waals surface area contributed by atoms with Crippen LogP contribution in [0, 0.1) is 0 Å². The number of anilines is 1. The maximum Gasteiger partial charge on any atom is 0.228 e. The van der Waals surface area contributed by atoms with Gasteiger partial charge in [-0.3, -0.25) is 14.5 Å². The van der Waals surface area contributed by atoms with Crippen molar-refractivity contribution in [2.45, 2.75) is 62.8 Å². The van der Waals surface area contributed by atoms with Crippen LogP contribution in [-0.2, 0) is 16.1 Å². The van der Waals surface area contributed by atoms with E-state index in [0.717, 1.165) is 44.5 Å². The number of nitrogens with one attached hydrogen (secondary N) is 1. The van der Waals surface area contributed by atoms with Crippen molar-refractivity contribution in [2.24, 2.45) is 0 Å². The fraction of sp³-hybridized carbons (Fsp3) is 0.688. The smallest absolute Gasteiger partial charge is 0.228 e. The lowest BCUT2D eigenvalue weighted by atomic mass is 9.95. The second kappa shape index (κ2) is 7.38. The molecule has 0 unspecified atom stereocenters. The van der Waals surface area contributed by atoms with Crippen LogP contribution in [0.5, 0.6) is 0 Å². The lowest BCUT2D eigenvalue weighted by molar-refractivity contribution is -0.125. The van der Waals surface area contributed by atoms with E-state index in [1.165, 1.54) is 0 Å². The topological polar surface area (TPSA) is 67.2 Å². The Morgan fingerprint density at radius 2 is 2.00 bits per heavy atom. The van der Waals surface area contributed by atoms with Crippen LogP contribution in [0.3, 0.4) is 0 Å². The molecule has 2 amide bonds. The number of hydrogen-bond donors (Lipinski definition) is 2. The Morgan fingerprint density at radius 1 is 1.22 bits per heavy atom. The van der Waals surface area contributed by atoms with Crippen LogP contribution in [-0.4, -0.2) is 39.4 Å². The zero-order valence-electron chi connectivity index (χ0n) is 13.3. The Hall–Kier alpha value is -1.50. The first-order valence-electron chi connectivity index (χ1n) is 8.43. The molecule has 1 aliphatic carbocycles. The molecule has 1 aliphatic heterocycles. The van der Waals surface area contributed by atoms with Crippen LogP contribution in [0.4, 0.5) is 5.82 Å². The predicted octanol–water partition coefficient (Wildman–Crippen LogP) is 1.76. The molecule has 1 saturated carbocycles. The number of aromatic nitrogens is 2. The van der Waals surface area contributed by atoms with Gasteiger partial charge < -0.3 is 5.32 Å². The number of nitrogens with zero attached hydrogens (tertiary/aromatic N) is 3. The van der Waals surface area contributed by atoms with E-state index in [1.54, 1.807) is 11.1 Å². The lowest BCUT2D eigenvalue weighted by Gasteiger charge is -2.28. The highest BCUT2D eigenvalue weighted by Crippen LogP contribution is 2.23. The lowest BCUT2D eigenvalue weighted by Crippen LogP contribution is -2.40. The summed E-state index contributed by atoms with van der Waals surface area (Å²) in [6.07, 6.45) is 7.18. The fourth-order valence-corrected chi connectivity index (χ4v) is 3.65. The van der Waals surface area contributed by atoms with E-state index in [0.29, 0.717) is 11.8 Å². The van der Waals surface area contributed by atoms with Crippen LogP contribution in [0.2, 0.25) is 0 Å². The first kappa shape index (κ1) is 16.4. The third kappa shape index (κ3) is 4.07. The molecule has 23 heavy (non-hydrogen) atoms. The minimum Gasteiger partial charge on any atom is -0.353 e. The monoisotopic (exact) mass is 336 g/mol. The normalized spacial score (nSPS) is 24.1. The Bertz CT molecular complexity index is 566. The highest BCUT2D eigenvalue weighted by Gasteiger charge is 2.24. The molecule has 7 heteroatoms. The Morgan fingerprint density at radius 3 is 2.78 bits per heavy atom. The molecule has 1 aromatic heterocycles. The number of carbonyl (C=O) groups is 2. The number of hydrogen-bond acceptors (Lipinski definition) is 4. The van der Waals surface area contributed by atoms with E-state index < -0.39 is 0 Å². The van der Waals surface area contributed by atoms with Gasteiger partial charge in [0, 0.05) is 43.3 Å². The summed E-state index contributed by atoms with van der Waals surface area (Å²) in [4.78, 5) is 26.2. The van der Waals surface area contributed by atoms with E-state index in [4.69, 9.17) is 0 Å². The van der Waals surface area contributed by atoms with Gasteiger partial charge in [-0.05, 0) is 32.1 Å². The van der Waals surface area contributed by atoms with E-state index in [-0.39, 0.29) is 30.7 Å². The molecule has 2 aliphatic rings. The van der Waals surface area contributed by atoms with E-state index in [2.05, 4.69) is 23.0 Å². The van der Waals surface area contributed by atoms with Crippen LogP contribution < -0.4 is 10.2 Å². The van der Waals surface area contributed by atoms with E-state index in [1.807, 2.05) is 10.7 Å². The Labute approximate surface area is 142 Å². The highest BCUT2D eigenvalue weighted by molar-refractivity contribution is 7.80. The molecular weight excluding hydrogens is 312 g/mol. The van der Waals surface area contributed by atoms with Crippen molar-refractivity contribution < 1.29 is 9.59 Å². The molecule has 0 atom stereocenters. The average Bonchev–Trinajstić information content (AvgIpc) is 3.03. The number of aryl methyl sites for hydroxylation is 1. The minimum absolute atomic E-state index is 0.000617. The molecule has 0 radical (unpaired) electrons. The second-order valence-electron chi connectivity index (χ2n) is 6.38. The first-order valence-corrected chi connectivity index (χ1v) is 8.95. The summed E-state index contributed by atoms with van der Waals surface area (Å²) < 4.78 is 1.84. The molecule has 1 aromatic rings. The van der Waals surface area contributed by atoms with E-state index in [9.17, 15) is 9.59 Å². The predicted molar refractivity (Wildman–Crippen MR) is 91.6 cm³/mol. The van der Waals surface area contributed by atoms with Crippen molar-refractivity contribution in [2.75, 3.05) is 11.4 Å². The van der Waals surface area contributed by atoms with Crippen LogP contribution in [0.1, 0.15) is 44.9 Å². The van der Waals surface area contributed by atoms with Crippen LogP contribution >= 0.6 is 12.6 Å². The van der Waals surface area contributed by atoms with Gasteiger partial charge in [0.2, 0.25) is 11.8 Å². The fourth-order valence-electron chi connectivity index (χ4n) is 3.35. The van der Waals surface area contributed by atoms with Gasteiger partial charge in [-0.2, -0.15) is 17.7 Å². The maximum absolute atomic E-state index is 12.4. The zero-order valence-corrected chi connectivity index (χ0v) is 14.2. The number of carbonyl (C=O) groups excluding carboxylic acids is 2. The summed E-state index contributed by atoms with van der Waals surface area (Å²) >= 11 is 4.47. The maximum atomic E-state index is 12.4. The zero-order chi connectivity index (χ0) is 16.2. The summed E-state index contributed by atoms with van der Waals surface area (Å²) in [5.41, 5.74) is 0. The van der Waals surface area contributed by atoms with Crippen molar-refractivity contribution in [1.82, 2.24) is 15.1 Å². The van der Waals surface area contributed by atoms with Crippen molar-refractivity contribution >= 4 is 30.3 Å². The quantitative estimate of drug-likeness (QED) is 0.823. The van der Waals surface area contributed by atoms with Gasteiger partial charge >= 0.3 is 0 Å². The summed E-state index contributed by atoms with van der Waals surface area (Å²) in [7, 11) is 0. The molecule has 0 aromatic carbocycles. The summed E-state index contributed by atoms with van der Waals surface area (Å²) in [5.74, 6) is 0.820. The SMILES string of the molecule is O=C(CCC(=O)N1CCCn2nccc21)NC1CCC(S)CC1. The molecular formula is C16H24N4O2S. The largest absolute Gasteiger partial charge is 0.353 e. The minimum atomic E-state index is -0.0218. The van der Waals surface area contributed by atoms with Gasteiger partial charge in [0.05, 0.1) is 6.20 Å². The molecule has 1 fully saturated rings. The Balaban J connectivity index is 1.45. The number of rotatable bonds is 4. The summed E-state index contributed by atoms with van der Waals surface area (Å²) in [6, 6.07) is 2.10. The van der Waals surface area contributed by atoms with Gasteiger partial charge in [0.15, 0.2) is 0 Å². The van der Waals surface area contributed by atoms with Crippen molar-refractivity contribution in [1.29, 1.82) is 0 Å². The molecule has 1 N–H and O–H groups in total. The molecule has 0 spiro atoms. The number of fused-ring (bicyclic) bond motifs is 1. The van der Waals surface area contributed by atoms with Crippen LogP contribution in [0.15, 0.2) is 12.3 Å². The van der Waals surface area contributed by atoms with Gasteiger partial charge in [-0.15, -0.1) is 0 Å². The first-order chi connectivity index (χ1) is 11.1. The summed E-state index contributed by atoms with van der Waals surface area (Å²) in [5, 5.41) is 7.72. The average molecular weight is 336 g/mol. The molecule has 0 saturated heterocycles. The molecule has 0 bridgehead atoms. The molecule has 3 rings (SSSR count). The van der Waals surface area contributed by atoms with Gasteiger partial charge in [0.25, 0.3) is 0 Å². The number of amides is 2. The van der Waals surface area contributed by atoms with Gasteiger partial charge in [-0.25, -0.2) is 4.68 Å². The Kier molecular flexibility index (Phi) is 5.25. The number of thiol groups is 1. The molecule has 126 valence electrons. The standard InChI is InChI=1S/C16H24N4O2S/c21-14(18-12-2-4-13(23)5-3-12)6-7-16(22)19-10-1-11-20-15(19)8-9-17-20/h8-9,12-13,23H,1-7,10-11H2,(H,18,21). The molecule has 2 heterocycles. The molecule has 6 nitrogen and oxygen atoms in total. The highest BCUT2D eigenvalue weighted by atomic mass is 32.1. The summed E-state index contributed by atoms with van der Waals surface area (Å²) in [6.45, 7) is 1.55.